The van der Waals surface area contributed by atoms with E-state index in [9.17, 15) is 9.59 Å². The van der Waals surface area contributed by atoms with Crippen molar-refractivity contribution in [3.8, 4) is 5.75 Å². The first-order chi connectivity index (χ1) is 17.1. The van der Waals surface area contributed by atoms with Gasteiger partial charge in [0.1, 0.15) is 11.8 Å². The molecule has 5 rings (SSSR count). The molecule has 7 nitrogen and oxygen atoms in total. The van der Waals surface area contributed by atoms with Crippen molar-refractivity contribution in [2.45, 2.75) is 50.1 Å². The third kappa shape index (κ3) is 4.81. The molecule has 1 aliphatic carbocycles. The predicted octanol–water partition coefficient (Wildman–Crippen LogP) is 3.62. The highest BCUT2D eigenvalue weighted by Gasteiger charge is 2.58. The fraction of sp³-hybridized carbons (Fsp3) is 0.393. The summed E-state index contributed by atoms with van der Waals surface area (Å²) >= 11 is 0. The summed E-state index contributed by atoms with van der Waals surface area (Å²) in [4.78, 5) is 36.0. The molecule has 0 radical (unpaired) electrons. The van der Waals surface area contributed by atoms with Crippen LogP contribution in [0.2, 0.25) is 0 Å². The molecular formula is C28H32N4O3. The second kappa shape index (κ2) is 9.94. The SMILES string of the molecule is COc1ccc(C[C@@H](NC(=O)CCc2cnc[nH]2)C(=O)N2CC[C@@]2(c2ccccc2)C2CC2)cc1. The second-order valence-corrected chi connectivity index (χ2v) is 9.55. The van der Waals surface area contributed by atoms with Crippen LogP contribution in [-0.4, -0.2) is 46.4 Å². The number of aromatic nitrogens is 2. The first-order valence-electron chi connectivity index (χ1n) is 12.4. The molecule has 1 saturated heterocycles. The van der Waals surface area contributed by atoms with E-state index in [1.54, 1.807) is 19.6 Å². The maximum absolute atomic E-state index is 14.0. The summed E-state index contributed by atoms with van der Waals surface area (Å²) in [5, 5.41) is 3.06. The Labute approximate surface area is 205 Å². The van der Waals surface area contributed by atoms with Crippen molar-refractivity contribution < 1.29 is 14.3 Å². The lowest BCUT2D eigenvalue weighted by Crippen LogP contribution is -2.65. The number of hydrogen-bond acceptors (Lipinski definition) is 4. The fourth-order valence-corrected chi connectivity index (χ4v) is 5.34. The molecule has 2 N–H and O–H groups in total. The lowest BCUT2D eigenvalue weighted by Gasteiger charge is -2.55. The number of benzene rings is 2. The van der Waals surface area contributed by atoms with Crippen LogP contribution in [0, 0.1) is 5.92 Å². The summed E-state index contributed by atoms with van der Waals surface area (Å²) in [7, 11) is 1.63. The number of nitrogens with one attached hydrogen (secondary N) is 2. The Morgan fingerprint density at radius 2 is 1.94 bits per heavy atom. The largest absolute Gasteiger partial charge is 0.497 e. The number of likely N-dealkylation sites (tertiary alicyclic amines) is 1. The van der Waals surface area contributed by atoms with Crippen LogP contribution in [0.15, 0.2) is 67.1 Å². The highest BCUT2D eigenvalue weighted by atomic mass is 16.5. The van der Waals surface area contributed by atoms with Gasteiger partial charge in [0.15, 0.2) is 0 Å². The third-order valence-electron chi connectivity index (χ3n) is 7.40. The highest BCUT2D eigenvalue weighted by molar-refractivity contribution is 5.89. The molecule has 1 saturated carbocycles. The van der Waals surface area contributed by atoms with Crippen molar-refractivity contribution in [3.05, 3.63) is 83.9 Å². The number of carbonyl (C=O) groups is 2. The molecule has 182 valence electrons. The molecule has 2 heterocycles. The molecule has 2 amide bonds. The molecule has 2 atom stereocenters. The van der Waals surface area contributed by atoms with Crippen LogP contribution >= 0.6 is 0 Å². The first kappa shape index (κ1) is 23.1. The van der Waals surface area contributed by atoms with E-state index >= 15 is 0 Å². The van der Waals surface area contributed by atoms with E-state index in [4.69, 9.17) is 4.74 Å². The molecule has 2 aliphatic rings. The monoisotopic (exact) mass is 472 g/mol. The second-order valence-electron chi connectivity index (χ2n) is 9.55. The van der Waals surface area contributed by atoms with Gasteiger partial charge in [-0.2, -0.15) is 0 Å². The molecule has 2 fully saturated rings. The van der Waals surface area contributed by atoms with Crippen molar-refractivity contribution in [1.82, 2.24) is 20.2 Å². The van der Waals surface area contributed by atoms with Gasteiger partial charge in [-0.25, -0.2) is 4.98 Å². The number of methoxy groups -OCH3 is 1. The van der Waals surface area contributed by atoms with E-state index < -0.39 is 6.04 Å². The Bertz CT molecular complexity index is 1140. The average molecular weight is 473 g/mol. The van der Waals surface area contributed by atoms with E-state index in [1.807, 2.05) is 47.4 Å². The molecule has 1 aliphatic heterocycles. The number of aromatic amines is 1. The number of H-pyrrole nitrogens is 1. The molecule has 1 aromatic heterocycles. The van der Waals surface area contributed by atoms with Crippen LogP contribution in [0.3, 0.4) is 0 Å². The van der Waals surface area contributed by atoms with Gasteiger partial charge in [-0.15, -0.1) is 0 Å². The quantitative estimate of drug-likeness (QED) is 0.472. The van der Waals surface area contributed by atoms with Gasteiger partial charge in [0.05, 0.1) is 19.0 Å². The molecule has 7 heteroatoms. The minimum Gasteiger partial charge on any atom is -0.497 e. The number of rotatable bonds is 10. The van der Waals surface area contributed by atoms with Gasteiger partial charge in [0.2, 0.25) is 11.8 Å². The van der Waals surface area contributed by atoms with Crippen molar-refractivity contribution in [2.24, 2.45) is 5.92 Å². The topological polar surface area (TPSA) is 87.3 Å². The number of hydrogen-bond donors (Lipinski definition) is 2. The molecule has 2 aromatic carbocycles. The summed E-state index contributed by atoms with van der Waals surface area (Å²) in [5.74, 6) is 1.11. The molecule has 3 aromatic rings. The summed E-state index contributed by atoms with van der Waals surface area (Å²) < 4.78 is 5.27. The zero-order valence-electron chi connectivity index (χ0n) is 20.1. The Morgan fingerprint density at radius 1 is 1.17 bits per heavy atom. The summed E-state index contributed by atoms with van der Waals surface area (Å²) in [6.07, 6.45) is 7.85. The van der Waals surface area contributed by atoms with Crippen LogP contribution in [0.25, 0.3) is 0 Å². The van der Waals surface area contributed by atoms with E-state index in [-0.39, 0.29) is 17.4 Å². The van der Waals surface area contributed by atoms with Gasteiger partial charge in [-0.1, -0.05) is 42.5 Å². The number of aryl methyl sites for hydroxylation is 1. The van der Waals surface area contributed by atoms with Crippen molar-refractivity contribution in [1.29, 1.82) is 0 Å². The molecule has 0 bridgehead atoms. The Morgan fingerprint density at radius 3 is 2.54 bits per heavy atom. The first-order valence-corrected chi connectivity index (χ1v) is 12.4. The minimum absolute atomic E-state index is 0.00212. The highest BCUT2D eigenvalue weighted by Crippen LogP contribution is 2.56. The van der Waals surface area contributed by atoms with Gasteiger partial charge in [0.25, 0.3) is 0 Å². The predicted molar refractivity (Wildman–Crippen MR) is 133 cm³/mol. The molecular weight excluding hydrogens is 440 g/mol. The smallest absolute Gasteiger partial charge is 0.246 e. The Balaban J connectivity index is 1.36. The van der Waals surface area contributed by atoms with Gasteiger partial charge in [0, 0.05) is 31.3 Å². The fourth-order valence-electron chi connectivity index (χ4n) is 5.34. The zero-order valence-corrected chi connectivity index (χ0v) is 20.1. The van der Waals surface area contributed by atoms with E-state index in [1.165, 1.54) is 5.56 Å². The summed E-state index contributed by atoms with van der Waals surface area (Å²) in [5.41, 5.74) is 2.83. The van der Waals surface area contributed by atoms with E-state index in [0.717, 1.165) is 36.3 Å². The van der Waals surface area contributed by atoms with Crippen molar-refractivity contribution >= 4 is 11.8 Å². The Hall–Kier alpha value is -3.61. The maximum Gasteiger partial charge on any atom is 0.246 e. The molecule has 35 heavy (non-hydrogen) atoms. The number of imidazole rings is 1. The Kier molecular flexibility index (Phi) is 6.57. The lowest BCUT2D eigenvalue weighted by atomic mass is 9.73. The summed E-state index contributed by atoms with van der Waals surface area (Å²) in [6, 6.07) is 17.4. The van der Waals surface area contributed by atoms with E-state index in [0.29, 0.717) is 31.7 Å². The number of nitrogens with zero attached hydrogens (tertiary/aromatic N) is 2. The molecule has 0 unspecified atom stereocenters. The van der Waals surface area contributed by atoms with Crippen LogP contribution in [0.1, 0.15) is 42.5 Å². The number of amides is 2. The van der Waals surface area contributed by atoms with Crippen LogP contribution in [0.4, 0.5) is 0 Å². The van der Waals surface area contributed by atoms with Crippen LogP contribution in [-0.2, 0) is 28.0 Å². The van der Waals surface area contributed by atoms with Crippen LogP contribution < -0.4 is 10.1 Å². The van der Waals surface area contributed by atoms with Gasteiger partial charge < -0.3 is 19.9 Å². The maximum atomic E-state index is 14.0. The third-order valence-corrected chi connectivity index (χ3v) is 7.40. The minimum atomic E-state index is -0.625. The lowest BCUT2D eigenvalue weighted by molar-refractivity contribution is -0.154. The van der Waals surface area contributed by atoms with Gasteiger partial charge in [-0.05, 0) is 54.9 Å². The number of carbonyl (C=O) groups excluding carboxylic acids is 2. The average Bonchev–Trinajstić information content (AvgIpc) is 3.56. The summed E-state index contributed by atoms with van der Waals surface area (Å²) in [6.45, 7) is 0.716. The van der Waals surface area contributed by atoms with Gasteiger partial charge in [-0.3, -0.25) is 9.59 Å². The van der Waals surface area contributed by atoms with Crippen LogP contribution in [0.5, 0.6) is 5.75 Å². The number of ether oxygens (including phenoxy) is 1. The van der Waals surface area contributed by atoms with Crippen molar-refractivity contribution in [3.63, 3.8) is 0 Å². The normalized spacial score (nSPS) is 20.1. The standard InChI is InChI=1S/C28H32N4O3/c1-35-24-12-7-20(8-13-24)17-25(31-26(33)14-11-23-18-29-19-30-23)27(34)32-16-15-28(32,22-9-10-22)21-5-3-2-4-6-21/h2-8,12-13,18-19,22,25H,9-11,14-17H2,1H3,(H,29,30)(H,31,33)/t25-,28-/m1/s1. The van der Waals surface area contributed by atoms with Crippen molar-refractivity contribution in [2.75, 3.05) is 13.7 Å². The molecule has 0 spiro atoms. The van der Waals surface area contributed by atoms with E-state index in [2.05, 4.69) is 27.4 Å². The van der Waals surface area contributed by atoms with Gasteiger partial charge >= 0.3 is 0 Å². The zero-order chi connectivity index (χ0) is 24.3.